The SMILES string of the molecule is CCC(C)(CCNCc1ccccc1)CCN(C)C1CCC1. The van der Waals surface area contributed by atoms with Crippen LogP contribution in [0.25, 0.3) is 0 Å². The predicted molar refractivity (Wildman–Crippen MR) is 96.0 cm³/mol. The van der Waals surface area contributed by atoms with Crippen molar-refractivity contribution in [2.75, 3.05) is 20.1 Å². The molecule has 1 unspecified atom stereocenters. The summed E-state index contributed by atoms with van der Waals surface area (Å²) in [6.45, 7) is 8.18. The number of nitrogens with one attached hydrogen (secondary N) is 1. The first-order valence-electron chi connectivity index (χ1n) is 9.08. The molecule has 0 aromatic heterocycles. The Hall–Kier alpha value is -0.860. The standard InChI is InChI=1S/C20H34N2/c1-4-20(2,14-16-22(3)19-11-8-12-19)13-15-21-17-18-9-6-5-7-10-18/h5-7,9-10,19,21H,4,8,11-17H2,1-3H3. The summed E-state index contributed by atoms with van der Waals surface area (Å²) < 4.78 is 0. The van der Waals surface area contributed by atoms with Gasteiger partial charge in [-0.05, 0) is 56.8 Å². The van der Waals surface area contributed by atoms with Crippen LogP contribution in [0, 0.1) is 5.41 Å². The highest BCUT2D eigenvalue weighted by molar-refractivity contribution is 5.14. The molecule has 0 amide bonds. The van der Waals surface area contributed by atoms with Gasteiger partial charge >= 0.3 is 0 Å². The average Bonchev–Trinajstić information content (AvgIpc) is 2.49. The maximum absolute atomic E-state index is 3.61. The summed E-state index contributed by atoms with van der Waals surface area (Å²) in [6.07, 6.45) is 8.14. The van der Waals surface area contributed by atoms with Gasteiger partial charge in [-0.3, -0.25) is 0 Å². The van der Waals surface area contributed by atoms with Crippen molar-refractivity contribution in [2.45, 2.75) is 65.0 Å². The van der Waals surface area contributed by atoms with Crippen molar-refractivity contribution in [3.63, 3.8) is 0 Å². The van der Waals surface area contributed by atoms with E-state index in [1.165, 1.54) is 50.6 Å². The highest BCUT2D eigenvalue weighted by Crippen LogP contribution is 2.31. The molecule has 1 N–H and O–H groups in total. The molecule has 2 rings (SSSR count). The number of benzene rings is 1. The minimum absolute atomic E-state index is 0.474. The molecule has 0 aliphatic heterocycles. The second kappa shape index (κ2) is 8.69. The van der Waals surface area contributed by atoms with Gasteiger partial charge in [-0.2, -0.15) is 0 Å². The van der Waals surface area contributed by atoms with Crippen LogP contribution < -0.4 is 5.32 Å². The van der Waals surface area contributed by atoms with Crippen LogP contribution in [0.15, 0.2) is 30.3 Å². The summed E-state index contributed by atoms with van der Waals surface area (Å²) in [5.74, 6) is 0. The number of nitrogens with zero attached hydrogens (tertiary/aromatic N) is 1. The second-order valence-corrected chi connectivity index (χ2v) is 7.39. The fourth-order valence-corrected chi connectivity index (χ4v) is 3.15. The largest absolute Gasteiger partial charge is 0.313 e. The van der Waals surface area contributed by atoms with Crippen molar-refractivity contribution < 1.29 is 0 Å². The van der Waals surface area contributed by atoms with Crippen molar-refractivity contribution in [3.8, 4) is 0 Å². The molecular formula is C20H34N2. The quantitative estimate of drug-likeness (QED) is 0.642. The van der Waals surface area contributed by atoms with Crippen molar-refractivity contribution in [1.82, 2.24) is 10.2 Å². The van der Waals surface area contributed by atoms with Crippen molar-refractivity contribution in [3.05, 3.63) is 35.9 Å². The van der Waals surface area contributed by atoms with E-state index in [2.05, 4.69) is 61.4 Å². The fraction of sp³-hybridized carbons (Fsp3) is 0.700. The molecule has 1 aliphatic carbocycles. The number of hydrogen-bond acceptors (Lipinski definition) is 2. The van der Waals surface area contributed by atoms with Crippen LogP contribution in [0.4, 0.5) is 0 Å². The van der Waals surface area contributed by atoms with E-state index in [4.69, 9.17) is 0 Å². The lowest BCUT2D eigenvalue weighted by molar-refractivity contribution is 0.129. The van der Waals surface area contributed by atoms with Crippen LogP contribution in [-0.2, 0) is 6.54 Å². The lowest BCUT2D eigenvalue weighted by Gasteiger charge is -2.37. The monoisotopic (exact) mass is 302 g/mol. The molecule has 0 heterocycles. The third-order valence-electron chi connectivity index (χ3n) is 5.70. The van der Waals surface area contributed by atoms with Crippen LogP contribution in [0.1, 0.15) is 57.9 Å². The topological polar surface area (TPSA) is 15.3 Å². The second-order valence-electron chi connectivity index (χ2n) is 7.39. The van der Waals surface area contributed by atoms with E-state index in [-0.39, 0.29) is 0 Å². The maximum atomic E-state index is 3.61. The molecule has 22 heavy (non-hydrogen) atoms. The Morgan fingerprint density at radius 2 is 1.91 bits per heavy atom. The lowest BCUT2D eigenvalue weighted by Crippen LogP contribution is -2.39. The van der Waals surface area contributed by atoms with Crippen molar-refractivity contribution in [2.24, 2.45) is 5.41 Å². The van der Waals surface area contributed by atoms with Gasteiger partial charge in [-0.1, -0.05) is 57.0 Å². The van der Waals surface area contributed by atoms with Gasteiger partial charge in [0.1, 0.15) is 0 Å². The van der Waals surface area contributed by atoms with Gasteiger partial charge < -0.3 is 10.2 Å². The van der Waals surface area contributed by atoms with Gasteiger partial charge in [0.05, 0.1) is 0 Å². The molecule has 0 spiro atoms. The molecule has 2 heteroatoms. The van der Waals surface area contributed by atoms with Crippen molar-refractivity contribution >= 4 is 0 Å². The molecule has 1 aliphatic rings. The van der Waals surface area contributed by atoms with Crippen LogP contribution in [0.3, 0.4) is 0 Å². The smallest absolute Gasteiger partial charge is 0.0205 e. The van der Waals surface area contributed by atoms with Crippen molar-refractivity contribution in [1.29, 1.82) is 0 Å². The third kappa shape index (κ3) is 5.40. The zero-order valence-electron chi connectivity index (χ0n) is 14.8. The van der Waals surface area contributed by atoms with Gasteiger partial charge in [0, 0.05) is 12.6 Å². The van der Waals surface area contributed by atoms with E-state index in [0.717, 1.165) is 19.1 Å². The maximum Gasteiger partial charge on any atom is 0.0205 e. The van der Waals surface area contributed by atoms with Crippen LogP contribution in [-0.4, -0.2) is 31.1 Å². The fourth-order valence-electron chi connectivity index (χ4n) is 3.15. The molecule has 0 saturated heterocycles. The summed E-state index contributed by atoms with van der Waals surface area (Å²) in [6, 6.07) is 11.6. The summed E-state index contributed by atoms with van der Waals surface area (Å²) in [4.78, 5) is 2.59. The summed E-state index contributed by atoms with van der Waals surface area (Å²) >= 11 is 0. The van der Waals surface area contributed by atoms with E-state index in [0.29, 0.717) is 5.41 Å². The van der Waals surface area contributed by atoms with Gasteiger partial charge in [-0.15, -0.1) is 0 Å². The first kappa shape index (κ1) is 17.5. The molecule has 124 valence electrons. The Labute approximate surface area is 137 Å². The van der Waals surface area contributed by atoms with Crippen LogP contribution in [0.5, 0.6) is 0 Å². The molecule has 1 fully saturated rings. The highest BCUT2D eigenvalue weighted by atomic mass is 15.1. The molecule has 0 radical (unpaired) electrons. The summed E-state index contributed by atoms with van der Waals surface area (Å²) in [7, 11) is 2.31. The van der Waals surface area contributed by atoms with E-state index in [1.807, 2.05) is 0 Å². The molecule has 2 nitrogen and oxygen atoms in total. The number of hydrogen-bond donors (Lipinski definition) is 1. The van der Waals surface area contributed by atoms with E-state index in [9.17, 15) is 0 Å². The minimum atomic E-state index is 0.474. The Kier molecular flexibility index (Phi) is 6.91. The first-order chi connectivity index (χ1) is 10.6. The Bertz CT molecular complexity index is 413. The summed E-state index contributed by atoms with van der Waals surface area (Å²) in [5.41, 5.74) is 1.85. The molecular weight excluding hydrogens is 268 g/mol. The molecule has 0 bridgehead atoms. The summed E-state index contributed by atoms with van der Waals surface area (Å²) in [5, 5.41) is 3.61. The molecule has 1 saturated carbocycles. The van der Waals surface area contributed by atoms with E-state index >= 15 is 0 Å². The molecule has 1 atom stereocenters. The van der Waals surface area contributed by atoms with Gasteiger partial charge in [0.2, 0.25) is 0 Å². The molecule has 1 aromatic rings. The Morgan fingerprint density at radius 3 is 2.50 bits per heavy atom. The van der Waals surface area contributed by atoms with Gasteiger partial charge in [0.25, 0.3) is 0 Å². The minimum Gasteiger partial charge on any atom is -0.313 e. The Morgan fingerprint density at radius 1 is 1.18 bits per heavy atom. The van der Waals surface area contributed by atoms with E-state index < -0.39 is 0 Å². The normalized spacial score (nSPS) is 18.2. The molecule has 1 aromatic carbocycles. The van der Waals surface area contributed by atoms with Gasteiger partial charge in [0.15, 0.2) is 0 Å². The third-order valence-corrected chi connectivity index (χ3v) is 5.70. The van der Waals surface area contributed by atoms with E-state index in [1.54, 1.807) is 0 Å². The van der Waals surface area contributed by atoms with Crippen LogP contribution in [0.2, 0.25) is 0 Å². The highest BCUT2D eigenvalue weighted by Gasteiger charge is 2.26. The number of rotatable bonds is 10. The van der Waals surface area contributed by atoms with Crippen LogP contribution >= 0.6 is 0 Å². The lowest BCUT2D eigenvalue weighted by atomic mass is 9.80. The Balaban J connectivity index is 1.65. The zero-order valence-corrected chi connectivity index (χ0v) is 14.8. The average molecular weight is 303 g/mol. The van der Waals surface area contributed by atoms with Gasteiger partial charge in [-0.25, -0.2) is 0 Å². The first-order valence-corrected chi connectivity index (χ1v) is 9.08. The predicted octanol–water partition coefficient (Wildman–Crippen LogP) is 4.46. The zero-order chi connectivity index (χ0) is 15.8.